The molecule has 0 saturated carbocycles. The molecule has 1 aliphatic heterocycles. The van der Waals surface area contributed by atoms with E-state index in [4.69, 9.17) is 18.9 Å². The van der Waals surface area contributed by atoms with Gasteiger partial charge in [0.2, 0.25) is 6.08 Å². The van der Waals surface area contributed by atoms with E-state index < -0.39 is 11.6 Å². The van der Waals surface area contributed by atoms with Gasteiger partial charge in [-0.15, -0.1) is 0 Å². The molecular formula is C15H27NO5. The summed E-state index contributed by atoms with van der Waals surface area (Å²) >= 11 is 0. The van der Waals surface area contributed by atoms with E-state index in [2.05, 4.69) is 4.99 Å². The van der Waals surface area contributed by atoms with Crippen LogP contribution in [0.2, 0.25) is 0 Å². The number of hydrogen-bond donors (Lipinski definition) is 0. The molecule has 0 aliphatic carbocycles. The van der Waals surface area contributed by atoms with Gasteiger partial charge >= 0.3 is 5.97 Å². The molecule has 0 aromatic carbocycles. The topological polar surface area (TPSA) is 66.4 Å². The molecule has 1 unspecified atom stereocenters. The summed E-state index contributed by atoms with van der Waals surface area (Å²) in [6.07, 6.45) is 4.60. The lowest BCUT2D eigenvalue weighted by Crippen LogP contribution is -2.63. The average molecular weight is 301 g/mol. The molecule has 0 spiro atoms. The Bertz CT molecular complexity index is 327. The zero-order valence-electron chi connectivity index (χ0n) is 13.4. The first kappa shape index (κ1) is 18.3. The molecule has 0 aromatic heterocycles. The monoisotopic (exact) mass is 301 g/mol. The zero-order valence-corrected chi connectivity index (χ0v) is 13.4. The van der Waals surface area contributed by atoms with Gasteiger partial charge < -0.3 is 18.9 Å². The summed E-state index contributed by atoms with van der Waals surface area (Å²) in [5.41, 5.74) is -0.662. The number of nitrogens with zero attached hydrogens (tertiary/aromatic N) is 1. The van der Waals surface area contributed by atoms with Crippen LogP contribution in [0.25, 0.3) is 0 Å². The fraction of sp³-hybridized carbons (Fsp3) is 0.933. The van der Waals surface area contributed by atoms with Crippen molar-refractivity contribution in [3.8, 4) is 0 Å². The third-order valence-corrected chi connectivity index (χ3v) is 3.58. The zero-order chi connectivity index (χ0) is 15.6. The van der Waals surface area contributed by atoms with Crippen LogP contribution in [0, 0.1) is 0 Å². The number of hydrogen-bond acceptors (Lipinski definition) is 6. The molecule has 6 nitrogen and oxygen atoms in total. The van der Waals surface area contributed by atoms with Crippen LogP contribution >= 0.6 is 0 Å². The van der Waals surface area contributed by atoms with Crippen molar-refractivity contribution in [2.45, 2.75) is 58.0 Å². The van der Waals surface area contributed by atoms with E-state index >= 15 is 0 Å². The summed E-state index contributed by atoms with van der Waals surface area (Å²) in [7, 11) is 0. The third kappa shape index (κ3) is 4.34. The van der Waals surface area contributed by atoms with E-state index in [-0.39, 0.29) is 0 Å². The molecule has 0 N–H and O–H groups in total. The van der Waals surface area contributed by atoms with Gasteiger partial charge in [-0.2, -0.15) is 0 Å². The van der Waals surface area contributed by atoms with Gasteiger partial charge in [-0.1, -0.05) is 0 Å². The quantitative estimate of drug-likeness (QED) is 0.268. The largest absolute Gasteiger partial charge is 0.367 e. The molecule has 1 rings (SSSR count). The highest BCUT2D eigenvalue weighted by Crippen LogP contribution is 2.43. The van der Waals surface area contributed by atoms with Crippen molar-refractivity contribution in [1.29, 1.82) is 0 Å². The summed E-state index contributed by atoms with van der Waals surface area (Å²) < 4.78 is 23.7. The van der Waals surface area contributed by atoms with Crippen LogP contribution in [0.1, 0.15) is 46.5 Å². The fourth-order valence-corrected chi connectivity index (χ4v) is 2.89. The summed E-state index contributed by atoms with van der Waals surface area (Å²) in [5.74, 6) is -1.17. The second-order valence-electron chi connectivity index (χ2n) is 4.88. The molecule has 0 radical (unpaired) electrons. The van der Waals surface area contributed by atoms with Gasteiger partial charge in [-0.05, 0) is 46.5 Å². The Morgan fingerprint density at radius 2 is 1.81 bits per heavy atom. The van der Waals surface area contributed by atoms with Crippen LogP contribution in [0.15, 0.2) is 4.99 Å². The van der Waals surface area contributed by atoms with Gasteiger partial charge in [0.25, 0.3) is 0 Å². The molecule has 1 aliphatic rings. The first-order chi connectivity index (χ1) is 10.2. The maximum absolute atomic E-state index is 10.2. The van der Waals surface area contributed by atoms with Gasteiger partial charge in [0.1, 0.15) is 5.60 Å². The van der Waals surface area contributed by atoms with Crippen molar-refractivity contribution in [3.05, 3.63) is 0 Å². The second kappa shape index (κ2) is 9.28. The lowest BCUT2D eigenvalue weighted by molar-refractivity contribution is -0.459. The molecule has 122 valence electrons. The number of aliphatic imine (C=N–C) groups is 1. The van der Waals surface area contributed by atoms with Crippen LogP contribution in [0.5, 0.6) is 0 Å². The van der Waals surface area contributed by atoms with Crippen molar-refractivity contribution >= 4 is 6.08 Å². The predicted octanol–water partition coefficient (Wildman–Crippen LogP) is 2.41. The maximum atomic E-state index is 10.2. The number of ether oxygens (including phenoxy) is 4. The molecule has 0 amide bonds. The van der Waals surface area contributed by atoms with Crippen molar-refractivity contribution in [3.63, 3.8) is 0 Å². The van der Waals surface area contributed by atoms with E-state index in [0.717, 1.165) is 12.8 Å². The van der Waals surface area contributed by atoms with Gasteiger partial charge in [0.15, 0.2) is 0 Å². The van der Waals surface area contributed by atoms with Crippen molar-refractivity contribution in [1.82, 2.24) is 0 Å². The average Bonchev–Trinajstić information content (AvgIpc) is 2.47. The molecular weight excluding hydrogens is 274 g/mol. The fourth-order valence-electron chi connectivity index (χ4n) is 2.89. The molecule has 1 fully saturated rings. The molecule has 1 saturated heterocycles. The Kier molecular flexibility index (Phi) is 8.07. The Balaban J connectivity index is 2.97. The number of rotatable bonds is 10. The standard InChI is InChI=1S/C15H27NO5/c1-4-18-14(9-7-11-16-13-17)10-8-12-21-15(14,19-5-2)20-6-3/h4-12H2,1-3H3. The smallest absolute Gasteiger partial charge is 0.313 e. The number of isocyanates is 1. The van der Waals surface area contributed by atoms with E-state index in [9.17, 15) is 4.79 Å². The Labute approximate surface area is 126 Å². The van der Waals surface area contributed by atoms with Gasteiger partial charge in [-0.25, -0.2) is 9.79 Å². The van der Waals surface area contributed by atoms with Gasteiger partial charge in [0.05, 0.1) is 13.2 Å². The van der Waals surface area contributed by atoms with Crippen molar-refractivity contribution < 1.29 is 23.7 Å². The summed E-state index contributed by atoms with van der Waals surface area (Å²) in [6, 6.07) is 0. The minimum atomic E-state index is -1.17. The minimum Gasteiger partial charge on any atom is -0.367 e. The van der Waals surface area contributed by atoms with Crippen molar-refractivity contribution in [2.75, 3.05) is 33.0 Å². The van der Waals surface area contributed by atoms with Crippen LogP contribution in [0.4, 0.5) is 0 Å². The molecule has 0 aromatic rings. The highest BCUT2D eigenvalue weighted by atomic mass is 16.9. The van der Waals surface area contributed by atoms with Crippen molar-refractivity contribution in [2.24, 2.45) is 4.99 Å². The van der Waals surface area contributed by atoms with E-state index in [1.54, 1.807) is 6.08 Å². The lowest BCUT2D eigenvalue weighted by Gasteiger charge is -2.50. The summed E-state index contributed by atoms with van der Waals surface area (Å²) in [6.45, 7) is 8.26. The normalized spacial score (nSPS) is 24.5. The minimum absolute atomic E-state index is 0.423. The van der Waals surface area contributed by atoms with E-state index in [1.807, 2.05) is 20.8 Å². The Morgan fingerprint density at radius 3 is 2.38 bits per heavy atom. The van der Waals surface area contributed by atoms with Crippen LogP contribution in [0.3, 0.4) is 0 Å². The van der Waals surface area contributed by atoms with E-state index in [0.29, 0.717) is 45.8 Å². The molecule has 6 heteroatoms. The number of carbonyl (C=O) groups excluding carboxylic acids is 1. The molecule has 21 heavy (non-hydrogen) atoms. The Hall–Kier alpha value is -0.780. The van der Waals surface area contributed by atoms with E-state index in [1.165, 1.54) is 0 Å². The SMILES string of the molecule is CCOC1(CCCN=C=O)CCCOC1(OCC)OCC. The molecule has 1 atom stereocenters. The predicted molar refractivity (Wildman–Crippen MR) is 77.7 cm³/mol. The Morgan fingerprint density at radius 1 is 1.14 bits per heavy atom. The van der Waals surface area contributed by atoms with Crippen LogP contribution < -0.4 is 0 Å². The highest BCUT2D eigenvalue weighted by molar-refractivity contribution is 5.32. The van der Waals surface area contributed by atoms with Crippen LogP contribution in [-0.2, 0) is 23.7 Å². The third-order valence-electron chi connectivity index (χ3n) is 3.58. The lowest BCUT2D eigenvalue weighted by atomic mass is 9.86. The van der Waals surface area contributed by atoms with Gasteiger partial charge in [0, 0.05) is 19.8 Å². The highest BCUT2D eigenvalue weighted by Gasteiger charge is 2.57. The first-order valence-corrected chi connectivity index (χ1v) is 7.79. The molecule has 1 heterocycles. The second-order valence-corrected chi connectivity index (χ2v) is 4.88. The summed E-state index contributed by atoms with van der Waals surface area (Å²) in [4.78, 5) is 13.8. The maximum Gasteiger partial charge on any atom is 0.313 e. The van der Waals surface area contributed by atoms with Crippen LogP contribution in [-0.4, -0.2) is 50.6 Å². The first-order valence-electron chi connectivity index (χ1n) is 7.79. The molecule has 0 bridgehead atoms. The summed E-state index contributed by atoms with van der Waals surface area (Å²) in [5, 5.41) is 0. The van der Waals surface area contributed by atoms with Gasteiger partial charge in [-0.3, -0.25) is 0 Å².